The Morgan fingerprint density at radius 2 is 1.67 bits per heavy atom. The van der Waals surface area contributed by atoms with Gasteiger partial charge < -0.3 is 10.6 Å². The minimum absolute atomic E-state index is 0.0516. The molecular formula is C16H27F2N3. The van der Waals surface area contributed by atoms with Crippen LogP contribution in [0.15, 0.2) is 6.07 Å². The molecule has 0 aliphatic carbocycles. The van der Waals surface area contributed by atoms with Crippen molar-refractivity contribution in [3.8, 4) is 0 Å². The van der Waals surface area contributed by atoms with Crippen LogP contribution in [0.3, 0.4) is 0 Å². The smallest absolute Gasteiger partial charge is 0.168 e. The summed E-state index contributed by atoms with van der Waals surface area (Å²) in [7, 11) is 0. The summed E-state index contributed by atoms with van der Waals surface area (Å²) >= 11 is 0. The van der Waals surface area contributed by atoms with Gasteiger partial charge in [0.2, 0.25) is 0 Å². The first-order valence-corrected chi connectivity index (χ1v) is 7.73. The Hall–Kier alpha value is -1.39. The monoisotopic (exact) mass is 299 g/mol. The van der Waals surface area contributed by atoms with E-state index >= 15 is 0 Å². The molecule has 120 valence electrons. The molecule has 1 heterocycles. The number of nitrogens with one attached hydrogen (secondary N) is 2. The molecular weight excluding hydrogens is 272 g/mol. The third-order valence-electron chi connectivity index (χ3n) is 3.47. The summed E-state index contributed by atoms with van der Waals surface area (Å²) in [6.45, 7) is 9.44. The standard InChI is InChI=1S/C16H27F2N3/c1-5-7-8-9-16(3,4)11-20-15-13(18)10-12(17)14(21-15)19-6-2/h10H,5-9,11H2,1-4H3,(H2,19,20,21). The van der Waals surface area contributed by atoms with Crippen molar-refractivity contribution >= 4 is 11.6 Å². The van der Waals surface area contributed by atoms with E-state index in [1.54, 1.807) is 0 Å². The molecule has 0 aliphatic heterocycles. The third kappa shape index (κ3) is 5.86. The second kappa shape index (κ2) is 8.15. The highest BCUT2D eigenvalue weighted by Crippen LogP contribution is 2.25. The van der Waals surface area contributed by atoms with Crippen molar-refractivity contribution in [2.45, 2.75) is 53.4 Å². The maximum atomic E-state index is 13.8. The minimum atomic E-state index is -0.665. The number of nitrogens with zero attached hydrogens (tertiary/aromatic N) is 1. The average Bonchev–Trinajstić information content (AvgIpc) is 2.41. The van der Waals surface area contributed by atoms with Crippen LogP contribution < -0.4 is 10.6 Å². The highest BCUT2D eigenvalue weighted by Gasteiger charge is 2.19. The number of halogens is 2. The Morgan fingerprint density at radius 3 is 2.24 bits per heavy atom. The fraction of sp³-hybridized carbons (Fsp3) is 0.688. The van der Waals surface area contributed by atoms with Crippen molar-refractivity contribution in [3.63, 3.8) is 0 Å². The number of anilines is 2. The largest absolute Gasteiger partial charge is 0.368 e. The molecule has 5 heteroatoms. The zero-order chi connectivity index (χ0) is 15.9. The molecule has 3 nitrogen and oxygen atoms in total. The first-order chi connectivity index (χ1) is 9.89. The SMILES string of the molecule is CCCCCC(C)(C)CNc1nc(NCC)c(F)cc1F. The summed E-state index contributed by atoms with van der Waals surface area (Å²) in [4.78, 5) is 3.99. The lowest BCUT2D eigenvalue weighted by Gasteiger charge is -2.25. The maximum Gasteiger partial charge on any atom is 0.168 e. The van der Waals surface area contributed by atoms with Gasteiger partial charge in [-0.15, -0.1) is 0 Å². The Morgan fingerprint density at radius 1 is 1.05 bits per heavy atom. The molecule has 0 atom stereocenters. The molecule has 21 heavy (non-hydrogen) atoms. The first-order valence-electron chi connectivity index (χ1n) is 7.73. The van der Waals surface area contributed by atoms with Gasteiger partial charge in [-0.3, -0.25) is 0 Å². The molecule has 0 spiro atoms. The average molecular weight is 299 g/mol. The van der Waals surface area contributed by atoms with E-state index in [1.807, 2.05) is 6.92 Å². The molecule has 0 aliphatic rings. The van der Waals surface area contributed by atoms with Crippen molar-refractivity contribution in [2.24, 2.45) is 5.41 Å². The van der Waals surface area contributed by atoms with Crippen molar-refractivity contribution in [1.29, 1.82) is 0 Å². The highest BCUT2D eigenvalue weighted by atomic mass is 19.1. The van der Waals surface area contributed by atoms with Crippen LogP contribution in [0.5, 0.6) is 0 Å². The Labute approximate surface area is 126 Å². The summed E-state index contributed by atoms with van der Waals surface area (Å²) in [5, 5.41) is 5.80. The van der Waals surface area contributed by atoms with Gasteiger partial charge in [0.05, 0.1) is 0 Å². The topological polar surface area (TPSA) is 37.0 Å². The van der Waals surface area contributed by atoms with Gasteiger partial charge in [0, 0.05) is 19.2 Å². The third-order valence-corrected chi connectivity index (χ3v) is 3.47. The molecule has 0 bridgehead atoms. The number of pyridine rings is 1. The van der Waals surface area contributed by atoms with Crippen LogP contribution in [0, 0.1) is 17.0 Å². The molecule has 1 rings (SSSR count). The van der Waals surface area contributed by atoms with Gasteiger partial charge in [-0.25, -0.2) is 13.8 Å². The molecule has 1 aromatic heterocycles. The molecule has 0 saturated carbocycles. The molecule has 0 fully saturated rings. The summed E-state index contributed by atoms with van der Waals surface area (Å²) < 4.78 is 27.3. The molecule has 0 aromatic carbocycles. The molecule has 2 N–H and O–H groups in total. The van der Waals surface area contributed by atoms with E-state index in [1.165, 1.54) is 12.8 Å². The van der Waals surface area contributed by atoms with Gasteiger partial charge in [-0.2, -0.15) is 0 Å². The number of hydrogen-bond acceptors (Lipinski definition) is 3. The lowest BCUT2D eigenvalue weighted by atomic mass is 9.87. The van der Waals surface area contributed by atoms with Gasteiger partial charge in [0.15, 0.2) is 23.3 Å². The Bertz CT molecular complexity index is 447. The van der Waals surface area contributed by atoms with Crippen LogP contribution in [0.2, 0.25) is 0 Å². The second-order valence-corrected chi connectivity index (χ2v) is 6.15. The number of rotatable bonds is 9. The Balaban J connectivity index is 2.67. The lowest BCUT2D eigenvalue weighted by Crippen LogP contribution is -2.24. The van der Waals surface area contributed by atoms with E-state index in [0.717, 1.165) is 18.9 Å². The molecule has 0 radical (unpaired) electrons. The van der Waals surface area contributed by atoms with Crippen LogP contribution >= 0.6 is 0 Å². The minimum Gasteiger partial charge on any atom is -0.368 e. The van der Waals surface area contributed by atoms with Gasteiger partial charge in [-0.05, 0) is 18.8 Å². The molecule has 0 saturated heterocycles. The highest BCUT2D eigenvalue weighted by molar-refractivity contribution is 5.47. The Kier molecular flexibility index (Phi) is 6.85. The van der Waals surface area contributed by atoms with Crippen molar-refractivity contribution < 1.29 is 8.78 Å². The fourth-order valence-corrected chi connectivity index (χ4v) is 2.15. The van der Waals surface area contributed by atoms with Crippen LogP contribution in [-0.2, 0) is 0 Å². The van der Waals surface area contributed by atoms with Crippen LogP contribution in [-0.4, -0.2) is 18.1 Å². The normalized spacial score (nSPS) is 11.5. The van der Waals surface area contributed by atoms with Crippen molar-refractivity contribution in [2.75, 3.05) is 23.7 Å². The first kappa shape index (κ1) is 17.7. The van der Waals surface area contributed by atoms with E-state index < -0.39 is 11.6 Å². The summed E-state index contributed by atoms with van der Waals surface area (Å²) in [6.07, 6.45) is 4.62. The van der Waals surface area contributed by atoms with E-state index in [-0.39, 0.29) is 17.1 Å². The van der Waals surface area contributed by atoms with Gasteiger partial charge in [0.25, 0.3) is 0 Å². The molecule has 0 amide bonds. The van der Waals surface area contributed by atoms with Crippen LogP contribution in [0.25, 0.3) is 0 Å². The second-order valence-electron chi connectivity index (χ2n) is 6.15. The fourth-order valence-electron chi connectivity index (χ4n) is 2.15. The van der Waals surface area contributed by atoms with Gasteiger partial charge >= 0.3 is 0 Å². The predicted octanol–water partition coefficient (Wildman–Crippen LogP) is 4.81. The van der Waals surface area contributed by atoms with Gasteiger partial charge in [-0.1, -0.05) is 40.0 Å². The van der Waals surface area contributed by atoms with E-state index in [2.05, 4.69) is 36.4 Å². The quantitative estimate of drug-likeness (QED) is 0.642. The summed E-state index contributed by atoms with van der Waals surface area (Å²) in [5.74, 6) is -1.12. The zero-order valence-corrected chi connectivity index (χ0v) is 13.5. The lowest BCUT2D eigenvalue weighted by molar-refractivity contribution is 0.341. The number of aromatic nitrogens is 1. The van der Waals surface area contributed by atoms with E-state index in [9.17, 15) is 8.78 Å². The van der Waals surface area contributed by atoms with E-state index in [4.69, 9.17) is 0 Å². The molecule has 0 unspecified atom stereocenters. The van der Waals surface area contributed by atoms with Crippen LogP contribution in [0.4, 0.5) is 20.4 Å². The number of unbranched alkanes of at least 4 members (excludes halogenated alkanes) is 2. The van der Waals surface area contributed by atoms with Crippen LogP contribution in [0.1, 0.15) is 53.4 Å². The summed E-state index contributed by atoms with van der Waals surface area (Å²) in [5.41, 5.74) is 0.0516. The maximum absolute atomic E-state index is 13.8. The van der Waals surface area contributed by atoms with Gasteiger partial charge in [0.1, 0.15) is 0 Å². The van der Waals surface area contributed by atoms with Crippen molar-refractivity contribution in [1.82, 2.24) is 4.98 Å². The summed E-state index contributed by atoms with van der Waals surface area (Å²) in [6, 6.07) is 0.872. The van der Waals surface area contributed by atoms with Crippen molar-refractivity contribution in [3.05, 3.63) is 17.7 Å². The zero-order valence-electron chi connectivity index (χ0n) is 13.5. The van der Waals surface area contributed by atoms with E-state index in [0.29, 0.717) is 13.1 Å². The molecule has 1 aromatic rings. The predicted molar refractivity (Wildman–Crippen MR) is 84.7 cm³/mol. The number of hydrogen-bond donors (Lipinski definition) is 2.